The summed E-state index contributed by atoms with van der Waals surface area (Å²) in [5.74, 6) is 1.65. The molecule has 0 aliphatic carbocycles. The molecule has 0 aliphatic heterocycles. The van der Waals surface area contributed by atoms with Crippen molar-refractivity contribution in [2.75, 3.05) is 14.2 Å². The number of benzene rings is 1. The van der Waals surface area contributed by atoms with Crippen molar-refractivity contribution in [3.05, 3.63) is 23.8 Å². The molecule has 0 radical (unpaired) electrons. The number of methoxy groups -OCH3 is 2. The van der Waals surface area contributed by atoms with Gasteiger partial charge in [0.25, 0.3) is 0 Å². The lowest BCUT2D eigenvalue weighted by molar-refractivity contribution is 0.279. The fraction of sp³-hybridized carbons (Fsp3) is 0.600. The predicted octanol–water partition coefficient (Wildman–Crippen LogP) is 4.23. The molecule has 0 amide bonds. The predicted molar refractivity (Wildman–Crippen MR) is 81.5 cm³/mol. The second-order valence-corrected chi connectivity index (χ2v) is 9.49. The van der Waals surface area contributed by atoms with Crippen molar-refractivity contribution < 1.29 is 13.9 Å². The van der Waals surface area contributed by atoms with Crippen molar-refractivity contribution in [1.82, 2.24) is 0 Å². The molecule has 0 atom stereocenters. The standard InChI is InChI=1S/C15H26O3Si/c1-6-19(7-2,8-3)18-12-13-9-10-14(16-4)11-15(13)17-5/h9-11H,6-8,12H2,1-5H3. The van der Waals surface area contributed by atoms with Gasteiger partial charge in [-0.25, -0.2) is 0 Å². The van der Waals surface area contributed by atoms with Crippen molar-refractivity contribution in [2.45, 2.75) is 45.5 Å². The number of ether oxygens (including phenoxy) is 2. The molecule has 3 nitrogen and oxygen atoms in total. The van der Waals surface area contributed by atoms with E-state index in [1.165, 1.54) is 18.1 Å². The lowest BCUT2D eigenvalue weighted by Crippen LogP contribution is -2.35. The van der Waals surface area contributed by atoms with E-state index in [9.17, 15) is 0 Å². The van der Waals surface area contributed by atoms with Gasteiger partial charge in [0.1, 0.15) is 11.5 Å². The zero-order valence-electron chi connectivity index (χ0n) is 12.8. The lowest BCUT2D eigenvalue weighted by atomic mass is 10.2. The van der Waals surface area contributed by atoms with E-state index in [1.54, 1.807) is 14.2 Å². The molecule has 1 rings (SSSR count). The van der Waals surface area contributed by atoms with E-state index in [4.69, 9.17) is 13.9 Å². The van der Waals surface area contributed by atoms with Crippen LogP contribution in [0.2, 0.25) is 18.1 Å². The van der Waals surface area contributed by atoms with Crippen LogP contribution in [0.5, 0.6) is 11.5 Å². The molecule has 0 heterocycles. The smallest absolute Gasteiger partial charge is 0.192 e. The van der Waals surface area contributed by atoms with Crippen LogP contribution in [0.15, 0.2) is 18.2 Å². The van der Waals surface area contributed by atoms with Crippen LogP contribution in [-0.4, -0.2) is 22.5 Å². The van der Waals surface area contributed by atoms with E-state index in [2.05, 4.69) is 20.8 Å². The molecule has 1 aromatic rings. The van der Waals surface area contributed by atoms with Gasteiger partial charge in [-0.15, -0.1) is 0 Å². The summed E-state index contributed by atoms with van der Waals surface area (Å²) in [6, 6.07) is 9.38. The van der Waals surface area contributed by atoms with Crippen LogP contribution in [0, 0.1) is 0 Å². The molecule has 0 aromatic heterocycles. The molecule has 0 saturated heterocycles. The monoisotopic (exact) mass is 282 g/mol. The maximum atomic E-state index is 6.30. The fourth-order valence-corrected chi connectivity index (χ4v) is 4.83. The highest BCUT2D eigenvalue weighted by Gasteiger charge is 2.28. The minimum atomic E-state index is -1.54. The molecule has 1 aromatic carbocycles. The van der Waals surface area contributed by atoms with Gasteiger partial charge in [0.15, 0.2) is 8.32 Å². The number of rotatable bonds is 8. The van der Waals surface area contributed by atoms with Gasteiger partial charge in [-0.3, -0.25) is 0 Å². The van der Waals surface area contributed by atoms with E-state index in [0.717, 1.165) is 17.1 Å². The van der Waals surface area contributed by atoms with Crippen LogP contribution in [0.25, 0.3) is 0 Å². The van der Waals surface area contributed by atoms with Gasteiger partial charge in [-0.05, 0) is 30.3 Å². The van der Waals surface area contributed by atoms with Gasteiger partial charge in [0.05, 0.1) is 20.8 Å². The average molecular weight is 282 g/mol. The third kappa shape index (κ3) is 3.98. The van der Waals surface area contributed by atoms with Gasteiger partial charge in [-0.1, -0.05) is 20.8 Å². The number of hydrogen-bond acceptors (Lipinski definition) is 3. The Labute approximate surface area is 118 Å². The van der Waals surface area contributed by atoms with Crippen molar-refractivity contribution in [2.24, 2.45) is 0 Å². The highest BCUT2D eigenvalue weighted by Crippen LogP contribution is 2.28. The molecule has 108 valence electrons. The summed E-state index contributed by atoms with van der Waals surface area (Å²) in [5.41, 5.74) is 1.09. The van der Waals surface area contributed by atoms with E-state index in [-0.39, 0.29) is 0 Å². The van der Waals surface area contributed by atoms with Crippen molar-refractivity contribution in [1.29, 1.82) is 0 Å². The maximum Gasteiger partial charge on any atom is 0.192 e. The molecule has 0 fully saturated rings. The summed E-state index contributed by atoms with van der Waals surface area (Å²) in [4.78, 5) is 0. The number of hydrogen-bond donors (Lipinski definition) is 0. The SMILES string of the molecule is CC[Si](CC)(CC)OCc1ccc(OC)cc1OC. The first-order chi connectivity index (χ1) is 9.14. The average Bonchev–Trinajstić information content (AvgIpc) is 2.49. The molecule has 0 unspecified atom stereocenters. The normalized spacial score (nSPS) is 11.4. The first-order valence-electron chi connectivity index (χ1n) is 6.99. The van der Waals surface area contributed by atoms with E-state index in [1.807, 2.05) is 18.2 Å². The molecule has 4 heteroatoms. The zero-order chi connectivity index (χ0) is 14.3. The van der Waals surface area contributed by atoms with Crippen LogP contribution in [-0.2, 0) is 11.0 Å². The van der Waals surface area contributed by atoms with Crippen LogP contribution in [0.4, 0.5) is 0 Å². The second kappa shape index (κ2) is 7.55. The van der Waals surface area contributed by atoms with Gasteiger partial charge in [-0.2, -0.15) is 0 Å². The molecule has 0 N–H and O–H groups in total. The second-order valence-electron chi connectivity index (χ2n) is 4.71. The summed E-state index contributed by atoms with van der Waals surface area (Å²) in [5, 5.41) is 0. The highest BCUT2D eigenvalue weighted by molar-refractivity contribution is 6.73. The summed E-state index contributed by atoms with van der Waals surface area (Å²) in [7, 11) is 1.80. The Morgan fingerprint density at radius 1 is 0.947 bits per heavy atom. The quantitative estimate of drug-likeness (QED) is 0.668. The largest absolute Gasteiger partial charge is 0.497 e. The van der Waals surface area contributed by atoms with Gasteiger partial charge < -0.3 is 13.9 Å². The molecule has 0 aliphatic rings. The summed E-state index contributed by atoms with van der Waals surface area (Å²) in [6.07, 6.45) is 0. The summed E-state index contributed by atoms with van der Waals surface area (Å²) >= 11 is 0. The Morgan fingerprint density at radius 3 is 2.05 bits per heavy atom. The van der Waals surface area contributed by atoms with Crippen LogP contribution < -0.4 is 9.47 Å². The highest BCUT2D eigenvalue weighted by atomic mass is 28.4. The first-order valence-corrected chi connectivity index (χ1v) is 9.52. The molecular weight excluding hydrogens is 256 g/mol. The van der Waals surface area contributed by atoms with Crippen LogP contribution >= 0.6 is 0 Å². The van der Waals surface area contributed by atoms with E-state index >= 15 is 0 Å². The Hall–Kier alpha value is -1.00. The van der Waals surface area contributed by atoms with Gasteiger partial charge in [0.2, 0.25) is 0 Å². The van der Waals surface area contributed by atoms with Crippen molar-refractivity contribution >= 4 is 8.32 Å². The minimum Gasteiger partial charge on any atom is -0.497 e. The Balaban J connectivity index is 2.82. The summed E-state index contributed by atoms with van der Waals surface area (Å²) < 4.78 is 16.9. The Kier molecular flexibility index (Phi) is 6.38. The van der Waals surface area contributed by atoms with E-state index in [0.29, 0.717) is 6.61 Å². The lowest BCUT2D eigenvalue weighted by Gasteiger charge is -2.28. The van der Waals surface area contributed by atoms with Crippen LogP contribution in [0.1, 0.15) is 26.3 Å². The fourth-order valence-electron chi connectivity index (χ4n) is 2.26. The van der Waals surface area contributed by atoms with Gasteiger partial charge in [0, 0.05) is 11.6 Å². The van der Waals surface area contributed by atoms with Gasteiger partial charge >= 0.3 is 0 Å². The summed E-state index contributed by atoms with van der Waals surface area (Å²) in [6.45, 7) is 7.36. The van der Waals surface area contributed by atoms with Crippen molar-refractivity contribution in [3.8, 4) is 11.5 Å². The third-order valence-electron chi connectivity index (χ3n) is 3.96. The van der Waals surface area contributed by atoms with Crippen molar-refractivity contribution in [3.63, 3.8) is 0 Å². The molecular formula is C15H26O3Si. The van der Waals surface area contributed by atoms with E-state index < -0.39 is 8.32 Å². The topological polar surface area (TPSA) is 27.7 Å². The van der Waals surface area contributed by atoms with Crippen LogP contribution in [0.3, 0.4) is 0 Å². The molecule has 0 saturated carbocycles. The molecule has 0 bridgehead atoms. The maximum absolute atomic E-state index is 6.30. The Bertz CT molecular complexity index is 381. The first kappa shape index (κ1) is 16.1. The Morgan fingerprint density at radius 2 is 1.58 bits per heavy atom. The minimum absolute atomic E-state index is 0.634. The zero-order valence-corrected chi connectivity index (χ0v) is 13.8. The molecule has 0 spiro atoms. The molecule has 19 heavy (non-hydrogen) atoms. The third-order valence-corrected chi connectivity index (χ3v) is 8.58.